The fraction of sp³-hybridized carbons (Fsp3) is 0.357. The number of pyridine rings is 1. The molecule has 3 nitrogen and oxygen atoms in total. The van der Waals surface area contributed by atoms with Crippen molar-refractivity contribution in [1.82, 2.24) is 4.98 Å². The second-order valence-corrected chi connectivity index (χ2v) is 4.38. The number of para-hydroxylation sites is 1. The van der Waals surface area contributed by atoms with Crippen molar-refractivity contribution >= 4 is 10.9 Å². The molecule has 0 atom stereocenters. The van der Waals surface area contributed by atoms with Gasteiger partial charge in [-0.3, -0.25) is 4.79 Å². The van der Waals surface area contributed by atoms with Crippen LogP contribution in [0.1, 0.15) is 24.6 Å². The molecular formula is C14H15NO2. The summed E-state index contributed by atoms with van der Waals surface area (Å²) in [4.78, 5) is 15.7. The molecule has 0 aliphatic heterocycles. The Morgan fingerprint density at radius 2 is 2.24 bits per heavy atom. The molecule has 3 heteroatoms. The molecule has 2 aromatic rings. The lowest BCUT2D eigenvalue weighted by Crippen LogP contribution is -2.11. The van der Waals surface area contributed by atoms with E-state index >= 15 is 0 Å². The molecular weight excluding hydrogens is 214 g/mol. The normalized spacial score (nSPS) is 13.9. The van der Waals surface area contributed by atoms with E-state index in [0.29, 0.717) is 6.61 Å². The number of hydrogen-bond acceptors (Lipinski definition) is 2. The number of aromatic nitrogens is 1. The molecule has 0 saturated carbocycles. The summed E-state index contributed by atoms with van der Waals surface area (Å²) < 4.78 is 5.56. The molecule has 1 N–H and O–H groups in total. The molecule has 1 aromatic heterocycles. The Morgan fingerprint density at radius 3 is 3.06 bits per heavy atom. The molecule has 0 unspecified atom stereocenters. The lowest BCUT2D eigenvalue weighted by molar-refractivity contribution is 0.343. The third-order valence-corrected chi connectivity index (χ3v) is 3.34. The number of benzene rings is 1. The number of H-pyrrole nitrogens is 1. The zero-order chi connectivity index (χ0) is 11.8. The van der Waals surface area contributed by atoms with Crippen LogP contribution in [-0.2, 0) is 12.8 Å². The number of aromatic amines is 1. The zero-order valence-corrected chi connectivity index (χ0v) is 9.88. The maximum Gasteiger partial charge on any atom is 0.192 e. The van der Waals surface area contributed by atoms with Crippen molar-refractivity contribution in [3.63, 3.8) is 0 Å². The number of rotatable bonds is 2. The molecule has 0 fully saturated rings. The van der Waals surface area contributed by atoms with E-state index in [4.69, 9.17) is 4.74 Å². The van der Waals surface area contributed by atoms with E-state index < -0.39 is 0 Å². The number of hydrogen-bond donors (Lipinski definition) is 1. The predicted molar refractivity (Wildman–Crippen MR) is 67.8 cm³/mol. The van der Waals surface area contributed by atoms with Crippen LogP contribution in [0.3, 0.4) is 0 Å². The van der Waals surface area contributed by atoms with Gasteiger partial charge in [-0.15, -0.1) is 0 Å². The van der Waals surface area contributed by atoms with E-state index in [1.807, 2.05) is 25.1 Å². The quantitative estimate of drug-likeness (QED) is 0.859. The molecule has 1 heterocycles. The van der Waals surface area contributed by atoms with Gasteiger partial charge in [0.1, 0.15) is 5.75 Å². The van der Waals surface area contributed by atoms with Gasteiger partial charge in [-0.1, -0.05) is 6.07 Å². The summed E-state index contributed by atoms with van der Waals surface area (Å²) in [5.74, 6) is 0.775. The first kappa shape index (κ1) is 10.4. The minimum atomic E-state index is 0.174. The van der Waals surface area contributed by atoms with Crippen LogP contribution in [0.2, 0.25) is 0 Å². The maximum absolute atomic E-state index is 12.3. The Bertz CT molecular complexity index is 628. The van der Waals surface area contributed by atoms with Crippen LogP contribution in [0.4, 0.5) is 0 Å². The van der Waals surface area contributed by atoms with Crippen LogP contribution in [-0.4, -0.2) is 11.6 Å². The second kappa shape index (κ2) is 3.91. The van der Waals surface area contributed by atoms with Gasteiger partial charge in [-0.25, -0.2) is 0 Å². The van der Waals surface area contributed by atoms with E-state index in [0.717, 1.165) is 47.2 Å². The summed E-state index contributed by atoms with van der Waals surface area (Å²) in [6.45, 7) is 2.56. The number of fused-ring (bicyclic) bond motifs is 2. The third kappa shape index (κ3) is 1.54. The van der Waals surface area contributed by atoms with Crippen molar-refractivity contribution in [3.8, 4) is 5.75 Å². The van der Waals surface area contributed by atoms with E-state index in [9.17, 15) is 4.79 Å². The van der Waals surface area contributed by atoms with Gasteiger partial charge in [0, 0.05) is 16.6 Å². The van der Waals surface area contributed by atoms with Crippen molar-refractivity contribution in [2.24, 2.45) is 0 Å². The summed E-state index contributed by atoms with van der Waals surface area (Å²) in [5.41, 5.74) is 3.08. The van der Waals surface area contributed by atoms with Crippen molar-refractivity contribution in [1.29, 1.82) is 0 Å². The standard InChI is InChI=1S/C14H15NO2/c1-2-17-12-8-4-6-10-13(12)15-11-7-3-5-9(11)14(10)16/h4,6,8H,2-3,5,7H2,1H3,(H,15,16). The molecule has 0 bridgehead atoms. The number of nitrogens with one attached hydrogen (secondary N) is 1. The highest BCUT2D eigenvalue weighted by atomic mass is 16.5. The van der Waals surface area contributed by atoms with Crippen molar-refractivity contribution in [3.05, 3.63) is 39.7 Å². The van der Waals surface area contributed by atoms with E-state index in [-0.39, 0.29) is 5.43 Å². The van der Waals surface area contributed by atoms with Gasteiger partial charge in [-0.05, 0) is 38.3 Å². The molecule has 17 heavy (non-hydrogen) atoms. The summed E-state index contributed by atoms with van der Waals surface area (Å²) >= 11 is 0. The highest BCUT2D eigenvalue weighted by molar-refractivity contribution is 5.85. The second-order valence-electron chi connectivity index (χ2n) is 4.38. The number of ether oxygens (including phenoxy) is 1. The summed E-state index contributed by atoms with van der Waals surface area (Å²) in [6.07, 6.45) is 2.95. The monoisotopic (exact) mass is 229 g/mol. The van der Waals surface area contributed by atoms with Crippen LogP contribution >= 0.6 is 0 Å². The largest absolute Gasteiger partial charge is 0.492 e. The van der Waals surface area contributed by atoms with Gasteiger partial charge in [0.05, 0.1) is 12.1 Å². The molecule has 88 valence electrons. The predicted octanol–water partition coefficient (Wildman–Crippen LogP) is 2.42. The van der Waals surface area contributed by atoms with Crippen LogP contribution in [0.5, 0.6) is 5.75 Å². The average molecular weight is 229 g/mol. The topological polar surface area (TPSA) is 42.1 Å². The molecule has 0 spiro atoms. The van der Waals surface area contributed by atoms with Crippen molar-refractivity contribution < 1.29 is 4.74 Å². The highest BCUT2D eigenvalue weighted by Gasteiger charge is 2.18. The van der Waals surface area contributed by atoms with Crippen molar-refractivity contribution in [2.75, 3.05) is 6.61 Å². The van der Waals surface area contributed by atoms with Crippen molar-refractivity contribution in [2.45, 2.75) is 26.2 Å². The maximum atomic E-state index is 12.3. The van der Waals surface area contributed by atoms with E-state index in [1.165, 1.54) is 0 Å². The van der Waals surface area contributed by atoms with Crippen LogP contribution in [0.25, 0.3) is 10.9 Å². The molecule has 0 radical (unpaired) electrons. The summed E-state index contributed by atoms with van der Waals surface area (Å²) in [5, 5.41) is 0.747. The fourth-order valence-electron chi connectivity index (χ4n) is 2.57. The Kier molecular flexibility index (Phi) is 2.39. The molecule has 3 rings (SSSR count). The molecule has 1 aliphatic rings. The Hall–Kier alpha value is -1.77. The van der Waals surface area contributed by atoms with Gasteiger partial charge in [0.2, 0.25) is 0 Å². The molecule has 1 aromatic carbocycles. The zero-order valence-electron chi connectivity index (χ0n) is 9.88. The minimum absolute atomic E-state index is 0.174. The Morgan fingerprint density at radius 1 is 1.35 bits per heavy atom. The summed E-state index contributed by atoms with van der Waals surface area (Å²) in [7, 11) is 0. The smallest absolute Gasteiger partial charge is 0.192 e. The van der Waals surface area contributed by atoms with E-state index in [2.05, 4.69) is 4.98 Å². The van der Waals surface area contributed by atoms with Gasteiger partial charge in [0.25, 0.3) is 0 Å². The first-order valence-electron chi connectivity index (χ1n) is 6.11. The lowest BCUT2D eigenvalue weighted by atomic mass is 10.1. The van der Waals surface area contributed by atoms with Crippen LogP contribution < -0.4 is 10.2 Å². The van der Waals surface area contributed by atoms with Crippen LogP contribution in [0.15, 0.2) is 23.0 Å². The Balaban J connectivity index is 2.35. The number of aryl methyl sites for hydroxylation is 1. The SMILES string of the molecule is CCOc1cccc2c(=O)c3c([nH]c12)CCC3. The van der Waals surface area contributed by atoms with Gasteiger partial charge >= 0.3 is 0 Å². The van der Waals surface area contributed by atoms with Gasteiger partial charge < -0.3 is 9.72 Å². The van der Waals surface area contributed by atoms with Gasteiger partial charge in [0.15, 0.2) is 5.43 Å². The molecule has 0 amide bonds. The Labute approximate surface area is 99.4 Å². The molecule has 1 aliphatic carbocycles. The lowest BCUT2D eigenvalue weighted by Gasteiger charge is -2.09. The first-order chi connectivity index (χ1) is 8.31. The average Bonchev–Trinajstić information content (AvgIpc) is 2.79. The summed E-state index contributed by atoms with van der Waals surface area (Å²) in [6, 6.07) is 5.66. The fourth-order valence-corrected chi connectivity index (χ4v) is 2.57. The van der Waals surface area contributed by atoms with Crippen LogP contribution in [0, 0.1) is 0 Å². The third-order valence-electron chi connectivity index (χ3n) is 3.34. The first-order valence-corrected chi connectivity index (χ1v) is 6.11. The highest BCUT2D eigenvalue weighted by Crippen LogP contribution is 2.26. The van der Waals surface area contributed by atoms with Gasteiger partial charge in [-0.2, -0.15) is 0 Å². The minimum Gasteiger partial charge on any atom is -0.492 e. The molecule has 0 saturated heterocycles. The van der Waals surface area contributed by atoms with E-state index in [1.54, 1.807) is 0 Å².